The van der Waals surface area contributed by atoms with E-state index in [1.54, 1.807) is 25.2 Å². The highest BCUT2D eigenvalue weighted by Gasteiger charge is 2.30. The van der Waals surface area contributed by atoms with Crippen LogP contribution in [0.1, 0.15) is 5.56 Å². The van der Waals surface area contributed by atoms with E-state index in [2.05, 4.69) is 14.8 Å². The van der Waals surface area contributed by atoms with Crippen LogP contribution in [0.4, 0.5) is 5.69 Å². The first kappa shape index (κ1) is 18.5. The van der Waals surface area contributed by atoms with Crippen molar-refractivity contribution in [1.29, 1.82) is 0 Å². The summed E-state index contributed by atoms with van der Waals surface area (Å²) in [6.45, 7) is 0.385. The third kappa shape index (κ3) is 3.95. The predicted octanol–water partition coefficient (Wildman–Crippen LogP) is -0.0116. The molecule has 0 fully saturated rings. The number of carbonyl (C=O) groups excluding carboxylic acids is 1. The minimum Gasteiger partial charge on any atom is -0.353 e. The molecule has 0 atom stereocenters. The summed E-state index contributed by atoms with van der Waals surface area (Å²) in [5.41, 5.74) is 0.330. The summed E-state index contributed by atoms with van der Waals surface area (Å²) in [7, 11) is -2.17. The number of nitrogens with one attached hydrogen (secondary N) is 1. The third-order valence-electron chi connectivity index (χ3n) is 3.85. The average Bonchev–Trinajstić information content (AvgIpc) is 3.18. The molecule has 0 spiro atoms. The number of benzene rings is 1. The number of amidine groups is 1. The number of nitro groups is 1. The second kappa shape index (κ2) is 7.15. The van der Waals surface area contributed by atoms with Crippen molar-refractivity contribution >= 4 is 27.5 Å². The normalized spacial score (nSPS) is 14.3. The molecule has 0 unspecified atom stereocenters. The fourth-order valence-corrected chi connectivity index (χ4v) is 3.84. The number of likely N-dealkylation sites (N-methyl/N-ethyl adjacent to an activating group) is 1. The lowest BCUT2D eigenvalue weighted by atomic mass is 10.2. The Labute approximate surface area is 154 Å². The van der Waals surface area contributed by atoms with Gasteiger partial charge in [-0.1, -0.05) is 12.1 Å². The molecule has 2 heterocycles. The number of fused-ring (bicyclic) bond motifs is 1. The largest absolute Gasteiger partial charge is 0.353 e. The van der Waals surface area contributed by atoms with Gasteiger partial charge in [0.1, 0.15) is 17.3 Å². The summed E-state index contributed by atoms with van der Waals surface area (Å²) in [6, 6.07) is 6.42. The molecule has 0 radical (unpaired) electrons. The van der Waals surface area contributed by atoms with Crippen LogP contribution >= 0.6 is 0 Å². The van der Waals surface area contributed by atoms with Gasteiger partial charge in [-0.25, -0.2) is 0 Å². The SMILES string of the molecule is CN(CC(=O)NCCn1cc([N+](=O)[O-])cn1)C1=NS(=O)(=O)c2ccccc21. The highest BCUT2D eigenvalue weighted by molar-refractivity contribution is 7.90. The Kier molecular flexibility index (Phi) is 4.90. The van der Waals surface area contributed by atoms with Crippen molar-refractivity contribution < 1.29 is 18.1 Å². The van der Waals surface area contributed by atoms with Crippen molar-refractivity contribution in [1.82, 2.24) is 20.0 Å². The Balaban J connectivity index is 1.56. The monoisotopic (exact) mass is 392 g/mol. The van der Waals surface area contributed by atoms with Crippen LogP contribution in [0.2, 0.25) is 0 Å². The molecule has 27 heavy (non-hydrogen) atoms. The summed E-state index contributed by atoms with van der Waals surface area (Å²) >= 11 is 0. The van der Waals surface area contributed by atoms with Crippen LogP contribution in [-0.2, 0) is 21.4 Å². The van der Waals surface area contributed by atoms with E-state index < -0.39 is 14.9 Å². The van der Waals surface area contributed by atoms with Crippen LogP contribution in [0.25, 0.3) is 0 Å². The van der Waals surface area contributed by atoms with Gasteiger partial charge < -0.3 is 10.2 Å². The molecular weight excluding hydrogens is 376 g/mol. The minimum atomic E-state index is -3.75. The molecule has 1 aromatic carbocycles. The lowest BCUT2D eigenvalue weighted by Crippen LogP contribution is -2.39. The van der Waals surface area contributed by atoms with Gasteiger partial charge >= 0.3 is 5.69 Å². The predicted molar refractivity (Wildman–Crippen MR) is 94.7 cm³/mol. The van der Waals surface area contributed by atoms with E-state index in [1.165, 1.54) is 21.8 Å². The number of hydrogen-bond donors (Lipinski definition) is 1. The smallest absolute Gasteiger partial charge is 0.306 e. The molecule has 12 heteroatoms. The molecule has 11 nitrogen and oxygen atoms in total. The van der Waals surface area contributed by atoms with Crippen LogP contribution < -0.4 is 5.32 Å². The van der Waals surface area contributed by atoms with E-state index in [0.29, 0.717) is 5.56 Å². The summed E-state index contributed by atoms with van der Waals surface area (Å²) in [6.07, 6.45) is 2.40. The Hall–Kier alpha value is -3.28. The molecule has 0 saturated carbocycles. The summed E-state index contributed by atoms with van der Waals surface area (Å²) in [5.74, 6) is -0.132. The van der Waals surface area contributed by atoms with Gasteiger partial charge in [0.05, 0.1) is 18.0 Å². The van der Waals surface area contributed by atoms with E-state index in [4.69, 9.17) is 0 Å². The molecule has 3 rings (SSSR count). The van der Waals surface area contributed by atoms with Crippen molar-refractivity contribution in [2.24, 2.45) is 4.40 Å². The third-order valence-corrected chi connectivity index (χ3v) is 5.17. The molecule has 0 aliphatic carbocycles. The number of nitrogens with zero attached hydrogens (tertiary/aromatic N) is 5. The first-order valence-corrected chi connectivity index (χ1v) is 9.31. The Bertz CT molecular complexity index is 1030. The van der Waals surface area contributed by atoms with Crippen LogP contribution in [0.3, 0.4) is 0 Å². The Morgan fingerprint density at radius 1 is 1.37 bits per heavy atom. The zero-order valence-electron chi connectivity index (χ0n) is 14.3. The van der Waals surface area contributed by atoms with E-state index in [1.807, 2.05) is 0 Å². The molecule has 1 N–H and O–H groups in total. The molecule has 142 valence electrons. The number of hydrogen-bond acceptors (Lipinski definition) is 7. The number of sulfonamides is 1. The van der Waals surface area contributed by atoms with Crippen molar-refractivity contribution in [3.8, 4) is 0 Å². The standard InChI is InChI=1S/C15H16N6O5S/c1-19(15-12-4-2-3-5-13(12)27(25,26)18-15)10-14(22)16-6-7-20-9-11(8-17-20)21(23)24/h2-5,8-9H,6-7,10H2,1H3,(H,16,22). The average molecular weight is 392 g/mol. The fourth-order valence-electron chi connectivity index (χ4n) is 2.59. The molecule has 0 saturated heterocycles. The van der Waals surface area contributed by atoms with Gasteiger partial charge in [-0.05, 0) is 12.1 Å². The van der Waals surface area contributed by atoms with Gasteiger partial charge in [0.25, 0.3) is 10.0 Å². The molecule has 1 amide bonds. The van der Waals surface area contributed by atoms with Crippen LogP contribution in [0, 0.1) is 10.1 Å². The van der Waals surface area contributed by atoms with Gasteiger partial charge in [-0.15, -0.1) is 4.40 Å². The maximum Gasteiger partial charge on any atom is 0.306 e. The topological polar surface area (TPSA) is 140 Å². The number of rotatable bonds is 6. The molecule has 1 aliphatic heterocycles. The zero-order valence-corrected chi connectivity index (χ0v) is 15.1. The van der Waals surface area contributed by atoms with Gasteiger partial charge in [0.2, 0.25) is 5.91 Å². The van der Waals surface area contributed by atoms with Crippen molar-refractivity contribution in [2.75, 3.05) is 20.1 Å². The second-order valence-corrected chi connectivity index (χ2v) is 7.38. The van der Waals surface area contributed by atoms with E-state index in [9.17, 15) is 23.3 Å². The van der Waals surface area contributed by atoms with Crippen LogP contribution in [0.5, 0.6) is 0 Å². The molecule has 1 aromatic heterocycles. The fraction of sp³-hybridized carbons (Fsp3) is 0.267. The van der Waals surface area contributed by atoms with E-state index >= 15 is 0 Å². The van der Waals surface area contributed by atoms with E-state index in [0.717, 1.165) is 6.20 Å². The number of amides is 1. The molecule has 0 bridgehead atoms. The summed E-state index contributed by atoms with van der Waals surface area (Å²) in [4.78, 5) is 23.7. The Morgan fingerprint density at radius 2 is 2.11 bits per heavy atom. The van der Waals surface area contributed by atoms with Crippen LogP contribution in [-0.4, -0.2) is 59.9 Å². The lowest BCUT2D eigenvalue weighted by Gasteiger charge is -2.18. The highest BCUT2D eigenvalue weighted by atomic mass is 32.2. The maximum absolute atomic E-state index is 12.1. The zero-order chi connectivity index (χ0) is 19.6. The highest BCUT2D eigenvalue weighted by Crippen LogP contribution is 2.26. The molecule has 1 aliphatic rings. The van der Waals surface area contributed by atoms with Gasteiger partial charge in [0.15, 0.2) is 5.84 Å². The van der Waals surface area contributed by atoms with E-state index in [-0.39, 0.29) is 42.0 Å². The summed E-state index contributed by atoms with van der Waals surface area (Å²) < 4.78 is 29.2. The van der Waals surface area contributed by atoms with Gasteiger partial charge in [0, 0.05) is 19.2 Å². The maximum atomic E-state index is 12.1. The lowest BCUT2D eigenvalue weighted by molar-refractivity contribution is -0.385. The van der Waals surface area contributed by atoms with Gasteiger partial charge in [-0.2, -0.15) is 13.5 Å². The quantitative estimate of drug-likeness (QED) is 0.538. The van der Waals surface area contributed by atoms with Crippen LogP contribution in [0.15, 0.2) is 46.0 Å². The van der Waals surface area contributed by atoms with Crippen molar-refractivity contribution in [3.05, 3.63) is 52.3 Å². The number of carbonyl (C=O) groups is 1. The number of aromatic nitrogens is 2. The summed E-state index contributed by atoms with van der Waals surface area (Å²) in [5, 5.41) is 17.1. The van der Waals surface area contributed by atoms with Crippen molar-refractivity contribution in [2.45, 2.75) is 11.4 Å². The molecular formula is C15H16N6O5S. The van der Waals surface area contributed by atoms with Gasteiger partial charge in [-0.3, -0.25) is 19.6 Å². The Morgan fingerprint density at radius 3 is 2.81 bits per heavy atom. The van der Waals surface area contributed by atoms with Crippen molar-refractivity contribution in [3.63, 3.8) is 0 Å². The first-order chi connectivity index (χ1) is 12.8. The first-order valence-electron chi connectivity index (χ1n) is 7.87. The second-order valence-electron chi connectivity index (χ2n) is 5.81. The minimum absolute atomic E-state index is 0.0953. The molecule has 2 aromatic rings.